The standard InChI is InChI=1S/C21H35N2/c1-23(17-4-5-18-23)19-7-9-21-12-10-20(11-13-21)8-6-16-22-14-2-3-15-22/h10-13H,2-9,14-19H2,1H3/q+1. The third-order valence-electron chi connectivity index (χ3n) is 5.97. The lowest BCUT2D eigenvalue weighted by Gasteiger charge is -2.29. The number of benzene rings is 1. The van der Waals surface area contributed by atoms with Crippen LogP contribution < -0.4 is 0 Å². The summed E-state index contributed by atoms with van der Waals surface area (Å²) in [6, 6.07) is 9.47. The lowest BCUT2D eigenvalue weighted by Crippen LogP contribution is -2.41. The minimum Gasteiger partial charge on any atom is -0.326 e. The summed E-state index contributed by atoms with van der Waals surface area (Å²) in [5.74, 6) is 0. The number of nitrogens with zero attached hydrogens (tertiary/aromatic N) is 2. The molecule has 0 saturated carbocycles. The highest BCUT2D eigenvalue weighted by molar-refractivity contribution is 5.22. The van der Waals surface area contributed by atoms with Crippen LogP contribution in [0.15, 0.2) is 24.3 Å². The highest BCUT2D eigenvalue weighted by Crippen LogP contribution is 2.18. The summed E-state index contributed by atoms with van der Waals surface area (Å²) in [7, 11) is 2.44. The Morgan fingerprint density at radius 2 is 1.39 bits per heavy atom. The van der Waals surface area contributed by atoms with Crippen LogP contribution in [0, 0.1) is 0 Å². The van der Waals surface area contributed by atoms with Crippen LogP contribution in [0.5, 0.6) is 0 Å². The van der Waals surface area contributed by atoms with Gasteiger partial charge in [0, 0.05) is 19.3 Å². The molecule has 2 nitrogen and oxygen atoms in total. The second-order valence-corrected chi connectivity index (χ2v) is 8.07. The van der Waals surface area contributed by atoms with Gasteiger partial charge in [0.05, 0.1) is 26.7 Å². The monoisotopic (exact) mass is 315 g/mol. The van der Waals surface area contributed by atoms with Crippen molar-refractivity contribution >= 4 is 0 Å². The van der Waals surface area contributed by atoms with Crippen LogP contribution in [0.3, 0.4) is 0 Å². The van der Waals surface area contributed by atoms with Crippen LogP contribution in [0.25, 0.3) is 0 Å². The van der Waals surface area contributed by atoms with Crippen molar-refractivity contribution in [3.05, 3.63) is 35.4 Å². The maximum atomic E-state index is 2.62. The van der Waals surface area contributed by atoms with Crippen molar-refractivity contribution in [3.63, 3.8) is 0 Å². The smallest absolute Gasteiger partial charge is 0.0787 e. The van der Waals surface area contributed by atoms with Crippen LogP contribution >= 0.6 is 0 Å². The largest absolute Gasteiger partial charge is 0.326 e. The number of aryl methyl sites for hydroxylation is 2. The zero-order valence-electron chi connectivity index (χ0n) is 15.1. The van der Waals surface area contributed by atoms with E-state index in [1.54, 1.807) is 0 Å². The van der Waals surface area contributed by atoms with Crippen LogP contribution in [0.1, 0.15) is 49.7 Å². The Balaban J connectivity index is 1.35. The molecule has 2 aliphatic rings. The molecular weight excluding hydrogens is 280 g/mol. The molecule has 2 heteroatoms. The number of hydrogen-bond donors (Lipinski definition) is 0. The van der Waals surface area contributed by atoms with E-state index in [1.807, 2.05) is 0 Å². The summed E-state index contributed by atoms with van der Waals surface area (Å²) in [6.45, 7) is 8.11. The van der Waals surface area contributed by atoms with Crippen LogP contribution in [-0.2, 0) is 12.8 Å². The summed E-state index contributed by atoms with van der Waals surface area (Å²) < 4.78 is 1.31. The Kier molecular flexibility index (Phi) is 6.13. The molecule has 1 aromatic carbocycles. The predicted molar refractivity (Wildman–Crippen MR) is 98.8 cm³/mol. The summed E-state index contributed by atoms with van der Waals surface area (Å²) in [5, 5.41) is 0. The van der Waals surface area contributed by atoms with E-state index in [9.17, 15) is 0 Å². The quantitative estimate of drug-likeness (QED) is 0.658. The number of quaternary nitrogens is 1. The summed E-state index contributed by atoms with van der Waals surface area (Å²) in [5.41, 5.74) is 3.05. The average molecular weight is 316 g/mol. The Hall–Kier alpha value is -0.860. The summed E-state index contributed by atoms with van der Waals surface area (Å²) in [4.78, 5) is 2.62. The lowest BCUT2D eigenvalue weighted by atomic mass is 10.0. The molecule has 0 bridgehead atoms. The molecule has 128 valence electrons. The van der Waals surface area contributed by atoms with E-state index in [1.165, 1.54) is 106 Å². The van der Waals surface area contributed by atoms with Gasteiger partial charge in [0.15, 0.2) is 0 Å². The van der Waals surface area contributed by atoms with Crippen molar-refractivity contribution in [3.8, 4) is 0 Å². The van der Waals surface area contributed by atoms with E-state index in [0.29, 0.717) is 0 Å². The van der Waals surface area contributed by atoms with Crippen molar-refractivity contribution < 1.29 is 4.48 Å². The van der Waals surface area contributed by atoms with E-state index < -0.39 is 0 Å². The van der Waals surface area contributed by atoms with Gasteiger partial charge in [0.25, 0.3) is 0 Å². The first-order chi connectivity index (χ1) is 11.2. The van der Waals surface area contributed by atoms with Gasteiger partial charge in [-0.25, -0.2) is 0 Å². The topological polar surface area (TPSA) is 3.24 Å². The Morgan fingerprint density at radius 1 is 0.826 bits per heavy atom. The highest BCUT2D eigenvalue weighted by atomic mass is 15.3. The molecule has 3 rings (SSSR count). The SMILES string of the molecule is C[N+]1(CCCc2ccc(CCCN3CCCC3)cc2)CCCC1. The molecule has 2 aliphatic heterocycles. The normalized spacial score (nSPS) is 21.1. The Labute approximate surface area is 143 Å². The third kappa shape index (κ3) is 5.32. The molecule has 0 unspecified atom stereocenters. The molecule has 23 heavy (non-hydrogen) atoms. The minimum absolute atomic E-state index is 1.24. The fourth-order valence-corrected chi connectivity index (χ4v) is 4.37. The van der Waals surface area contributed by atoms with E-state index in [0.717, 1.165) is 0 Å². The lowest BCUT2D eigenvalue weighted by molar-refractivity contribution is -0.897. The molecule has 0 radical (unpaired) electrons. The summed E-state index contributed by atoms with van der Waals surface area (Å²) in [6.07, 6.45) is 10.8. The van der Waals surface area contributed by atoms with E-state index >= 15 is 0 Å². The first-order valence-corrected chi connectivity index (χ1v) is 9.87. The molecule has 2 saturated heterocycles. The third-order valence-corrected chi connectivity index (χ3v) is 5.97. The van der Waals surface area contributed by atoms with Crippen molar-refractivity contribution in [1.82, 2.24) is 4.90 Å². The highest BCUT2D eigenvalue weighted by Gasteiger charge is 2.25. The van der Waals surface area contributed by atoms with E-state index in [-0.39, 0.29) is 0 Å². The van der Waals surface area contributed by atoms with Crippen LogP contribution in [-0.4, -0.2) is 55.7 Å². The van der Waals surface area contributed by atoms with Crippen molar-refractivity contribution in [2.75, 3.05) is 46.3 Å². The van der Waals surface area contributed by atoms with Gasteiger partial charge >= 0.3 is 0 Å². The second kappa shape index (κ2) is 8.30. The predicted octanol–water partition coefficient (Wildman–Crippen LogP) is 3.89. The zero-order valence-corrected chi connectivity index (χ0v) is 15.1. The van der Waals surface area contributed by atoms with Gasteiger partial charge in [0.2, 0.25) is 0 Å². The molecule has 0 N–H and O–H groups in total. The first kappa shape index (κ1) is 17.0. The average Bonchev–Trinajstić information content (AvgIpc) is 3.21. The molecule has 0 atom stereocenters. The Morgan fingerprint density at radius 3 is 2.00 bits per heavy atom. The first-order valence-electron chi connectivity index (χ1n) is 9.87. The fourth-order valence-electron chi connectivity index (χ4n) is 4.37. The summed E-state index contributed by atoms with van der Waals surface area (Å²) >= 11 is 0. The maximum absolute atomic E-state index is 2.62. The minimum atomic E-state index is 1.24. The zero-order chi connectivity index (χ0) is 16.0. The van der Waals surface area contributed by atoms with Gasteiger partial charge in [-0.1, -0.05) is 24.3 Å². The number of likely N-dealkylation sites (tertiary alicyclic amines) is 2. The van der Waals surface area contributed by atoms with Gasteiger partial charge in [-0.2, -0.15) is 0 Å². The van der Waals surface area contributed by atoms with E-state index in [4.69, 9.17) is 0 Å². The van der Waals surface area contributed by atoms with Gasteiger partial charge < -0.3 is 9.38 Å². The molecule has 2 fully saturated rings. The van der Waals surface area contributed by atoms with Gasteiger partial charge in [0.1, 0.15) is 0 Å². The molecule has 2 heterocycles. The Bertz CT molecular complexity index is 453. The van der Waals surface area contributed by atoms with Gasteiger partial charge in [-0.3, -0.25) is 0 Å². The molecule has 0 amide bonds. The van der Waals surface area contributed by atoms with Crippen molar-refractivity contribution in [2.45, 2.75) is 51.4 Å². The van der Waals surface area contributed by atoms with Crippen molar-refractivity contribution in [1.29, 1.82) is 0 Å². The molecule has 0 aromatic heterocycles. The van der Waals surface area contributed by atoms with Gasteiger partial charge in [-0.05, 0) is 62.9 Å². The fraction of sp³-hybridized carbons (Fsp3) is 0.714. The van der Waals surface area contributed by atoms with E-state index in [2.05, 4.69) is 36.2 Å². The number of hydrogen-bond acceptors (Lipinski definition) is 1. The van der Waals surface area contributed by atoms with Crippen LogP contribution in [0.2, 0.25) is 0 Å². The molecule has 0 aliphatic carbocycles. The van der Waals surface area contributed by atoms with Gasteiger partial charge in [-0.15, -0.1) is 0 Å². The molecular formula is C21H35N2+. The van der Waals surface area contributed by atoms with Crippen molar-refractivity contribution in [2.24, 2.45) is 0 Å². The molecule has 1 aromatic rings. The van der Waals surface area contributed by atoms with Crippen LogP contribution in [0.4, 0.5) is 0 Å². The molecule has 0 spiro atoms. The number of rotatable bonds is 8. The maximum Gasteiger partial charge on any atom is 0.0787 e. The second-order valence-electron chi connectivity index (χ2n) is 8.07.